The van der Waals surface area contributed by atoms with Gasteiger partial charge in [0.15, 0.2) is 0 Å². The number of hydroxylamine groups is 3. The van der Waals surface area contributed by atoms with Crippen LogP contribution in [0, 0.1) is 5.82 Å². The van der Waals surface area contributed by atoms with Gasteiger partial charge < -0.3 is 4.84 Å². The van der Waals surface area contributed by atoms with Crippen LogP contribution in [0.15, 0.2) is 54.6 Å². The Morgan fingerprint density at radius 3 is 2.45 bits per heavy atom. The van der Waals surface area contributed by atoms with Crippen LogP contribution in [0.5, 0.6) is 0 Å². The maximum atomic E-state index is 13.7. The summed E-state index contributed by atoms with van der Waals surface area (Å²) in [7, 11) is 0. The van der Waals surface area contributed by atoms with Gasteiger partial charge in [0, 0.05) is 13.1 Å². The summed E-state index contributed by atoms with van der Waals surface area (Å²) in [6, 6.07) is 14.5. The lowest BCUT2D eigenvalue weighted by Gasteiger charge is -2.35. The average molecular weight is 426 g/mol. The molecule has 2 aromatic carbocycles. The molecule has 2 heterocycles. The molecule has 2 aromatic rings. The highest BCUT2D eigenvalue weighted by Gasteiger charge is 2.39. The molecule has 164 valence electrons. The van der Waals surface area contributed by atoms with Crippen LogP contribution in [-0.4, -0.2) is 29.8 Å². The summed E-state index contributed by atoms with van der Waals surface area (Å²) in [6.45, 7) is 7.61. The van der Waals surface area contributed by atoms with E-state index in [9.17, 15) is 9.18 Å². The van der Waals surface area contributed by atoms with E-state index in [1.54, 1.807) is 17.2 Å². The Morgan fingerprint density at radius 1 is 1.13 bits per heavy atom. The van der Waals surface area contributed by atoms with Crippen molar-refractivity contribution in [3.63, 3.8) is 0 Å². The zero-order valence-corrected chi connectivity index (χ0v) is 18.1. The van der Waals surface area contributed by atoms with Gasteiger partial charge in [-0.15, -0.1) is 5.06 Å². The van der Waals surface area contributed by atoms with Crippen molar-refractivity contribution in [3.05, 3.63) is 71.6 Å². The molecule has 2 aliphatic rings. The van der Waals surface area contributed by atoms with Gasteiger partial charge in [-0.25, -0.2) is 9.18 Å². The van der Waals surface area contributed by atoms with Crippen LogP contribution in [0.1, 0.15) is 44.7 Å². The first-order valence-corrected chi connectivity index (χ1v) is 10.5. The van der Waals surface area contributed by atoms with Gasteiger partial charge in [-0.05, 0) is 47.6 Å². The van der Waals surface area contributed by atoms with Crippen LogP contribution >= 0.6 is 0 Å². The van der Waals surface area contributed by atoms with Crippen LogP contribution in [-0.2, 0) is 15.1 Å². The number of piperidine rings is 1. The van der Waals surface area contributed by atoms with E-state index in [0.29, 0.717) is 25.9 Å². The van der Waals surface area contributed by atoms with Gasteiger partial charge in [0.25, 0.3) is 0 Å². The molecule has 1 saturated heterocycles. The molecule has 6 nitrogen and oxygen atoms in total. The Bertz CT molecular complexity index is 974. The average Bonchev–Trinajstić information content (AvgIpc) is 3.15. The lowest BCUT2D eigenvalue weighted by molar-refractivity contribution is -0.153. The summed E-state index contributed by atoms with van der Waals surface area (Å²) < 4.78 is 13.7. The molecule has 1 amide bonds. The standard InChI is InChI=1S/C24H28FN3O3/c1-23(2,3)18-10-8-17(9-11-18)21-16-24(31-27-21)12-14-28(15-13-24)30-22(29)26-20-7-5-4-6-19(20)25/h4-11,16,27H,12-15H2,1-3H3,(H,26,29). The Labute approximate surface area is 181 Å². The highest BCUT2D eigenvalue weighted by Crippen LogP contribution is 2.35. The molecule has 0 saturated carbocycles. The molecule has 0 atom stereocenters. The molecule has 0 aromatic heterocycles. The summed E-state index contributed by atoms with van der Waals surface area (Å²) >= 11 is 0. The van der Waals surface area contributed by atoms with Crippen molar-refractivity contribution in [2.24, 2.45) is 0 Å². The number of hydrogen-bond acceptors (Lipinski definition) is 5. The largest absolute Gasteiger partial charge is 0.430 e. The van der Waals surface area contributed by atoms with E-state index in [0.717, 1.165) is 11.3 Å². The normalized spacial score (nSPS) is 18.4. The number of carbonyl (C=O) groups excluding carboxylic acids is 1. The molecule has 4 rings (SSSR count). The quantitative estimate of drug-likeness (QED) is 0.725. The van der Waals surface area contributed by atoms with Gasteiger partial charge in [-0.2, -0.15) is 0 Å². The van der Waals surface area contributed by atoms with Crippen LogP contribution in [0.2, 0.25) is 0 Å². The van der Waals surface area contributed by atoms with Crippen LogP contribution in [0.4, 0.5) is 14.9 Å². The van der Waals surface area contributed by atoms with E-state index in [-0.39, 0.29) is 11.1 Å². The fourth-order valence-corrected chi connectivity index (χ4v) is 3.79. The molecular formula is C24H28FN3O3. The highest BCUT2D eigenvalue weighted by molar-refractivity contribution is 5.84. The van der Waals surface area contributed by atoms with Gasteiger partial charge in [0.05, 0.1) is 11.4 Å². The van der Waals surface area contributed by atoms with Crippen LogP contribution < -0.4 is 10.8 Å². The summed E-state index contributed by atoms with van der Waals surface area (Å²) in [6.07, 6.45) is 2.74. The lowest BCUT2D eigenvalue weighted by atomic mass is 9.86. The second kappa shape index (κ2) is 8.32. The topological polar surface area (TPSA) is 62.8 Å². The first kappa shape index (κ1) is 21.3. The van der Waals surface area contributed by atoms with Gasteiger partial charge in [0.2, 0.25) is 0 Å². The third-order valence-electron chi connectivity index (χ3n) is 5.72. The zero-order chi connectivity index (χ0) is 22.1. The van der Waals surface area contributed by atoms with Gasteiger partial charge in [-0.1, -0.05) is 57.2 Å². The second-order valence-electron chi connectivity index (χ2n) is 9.07. The van der Waals surface area contributed by atoms with Crippen molar-refractivity contribution in [1.82, 2.24) is 10.5 Å². The Hall–Kier alpha value is -2.90. The minimum absolute atomic E-state index is 0.0920. The third kappa shape index (κ3) is 4.89. The number of amides is 1. The van der Waals surface area contributed by atoms with Crippen molar-refractivity contribution in [3.8, 4) is 0 Å². The van der Waals surface area contributed by atoms with E-state index in [1.807, 2.05) is 0 Å². The number of carbonyl (C=O) groups is 1. The van der Waals surface area contributed by atoms with Gasteiger partial charge >= 0.3 is 6.09 Å². The molecule has 0 radical (unpaired) electrons. The van der Waals surface area contributed by atoms with Gasteiger partial charge in [0.1, 0.15) is 11.4 Å². The minimum atomic E-state index is -0.707. The maximum absolute atomic E-state index is 13.7. The van der Waals surface area contributed by atoms with E-state index in [2.05, 4.69) is 61.9 Å². The van der Waals surface area contributed by atoms with Crippen molar-refractivity contribution in [1.29, 1.82) is 0 Å². The predicted molar refractivity (Wildman–Crippen MR) is 117 cm³/mol. The summed E-state index contributed by atoms with van der Waals surface area (Å²) in [4.78, 5) is 23.3. The zero-order valence-electron chi connectivity index (χ0n) is 18.1. The van der Waals surface area contributed by atoms with E-state index in [4.69, 9.17) is 9.68 Å². The molecular weight excluding hydrogens is 397 g/mol. The van der Waals surface area contributed by atoms with Gasteiger partial charge in [-0.3, -0.25) is 15.6 Å². The Kier molecular flexibility index (Phi) is 5.73. The number of hydrogen-bond donors (Lipinski definition) is 2. The fraction of sp³-hybridized carbons (Fsp3) is 0.375. The first-order chi connectivity index (χ1) is 14.7. The molecule has 0 unspecified atom stereocenters. The molecule has 1 spiro atoms. The van der Waals surface area contributed by atoms with Crippen LogP contribution in [0.25, 0.3) is 5.70 Å². The van der Waals surface area contributed by atoms with Crippen LogP contribution in [0.3, 0.4) is 0 Å². The molecule has 7 heteroatoms. The number of nitrogens with one attached hydrogen (secondary N) is 2. The molecule has 31 heavy (non-hydrogen) atoms. The third-order valence-corrected chi connectivity index (χ3v) is 5.72. The number of para-hydroxylation sites is 1. The number of benzene rings is 2. The maximum Gasteiger partial charge on any atom is 0.430 e. The van der Waals surface area contributed by atoms with Crippen molar-refractivity contribution in [2.45, 2.75) is 44.6 Å². The minimum Gasteiger partial charge on any atom is -0.351 e. The number of rotatable bonds is 3. The number of nitrogens with zero attached hydrogens (tertiary/aromatic N) is 1. The molecule has 0 aliphatic carbocycles. The highest BCUT2D eigenvalue weighted by atomic mass is 19.1. The lowest BCUT2D eigenvalue weighted by Crippen LogP contribution is -2.45. The van der Waals surface area contributed by atoms with E-state index < -0.39 is 17.5 Å². The number of anilines is 1. The number of halogens is 1. The summed E-state index contributed by atoms with van der Waals surface area (Å²) in [5, 5.41) is 4.01. The Balaban J connectivity index is 1.33. The fourth-order valence-electron chi connectivity index (χ4n) is 3.79. The molecule has 2 aliphatic heterocycles. The van der Waals surface area contributed by atoms with Crippen molar-refractivity contribution >= 4 is 17.5 Å². The SMILES string of the molecule is CC(C)(C)c1ccc(C2=CC3(CCN(OC(=O)Nc4ccccc4F)CC3)ON2)cc1. The first-order valence-electron chi connectivity index (χ1n) is 10.5. The van der Waals surface area contributed by atoms with Crippen molar-refractivity contribution < 1.29 is 18.9 Å². The molecule has 1 fully saturated rings. The predicted octanol–water partition coefficient (Wildman–Crippen LogP) is 5.00. The molecule has 0 bridgehead atoms. The smallest absolute Gasteiger partial charge is 0.351 e. The molecule has 2 N–H and O–H groups in total. The van der Waals surface area contributed by atoms with E-state index >= 15 is 0 Å². The monoisotopic (exact) mass is 425 g/mol. The summed E-state index contributed by atoms with van der Waals surface area (Å²) in [5.41, 5.74) is 6.15. The second-order valence-corrected chi connectivity index (χ2v) is 9.07. The van der Waals surface area contributed by atoms with E-state index in [1.165, 1.54) is 17.7 Å². The summed E-state index contributed by atoms with van der Waals surface area (Å²) in [5.74, 6) is -0.504. The van der Waals surface area contributed by atoms with Crippen molar-refractivity contribution in [2.75, 3.05) is 18.4 Å². The Morgan fingerprint density at radius 2 is 1.81 bits per heavy atom.